The molecular formula is C24H29N3O5Si. The van der Waals surface area contributed by atoms with Crippen molar-refractivity contribution < 1.29 is 18.7 Å². The summed E-state index contributed by atoms with van der Waals surface area (Å²) in [5, 5.41) is 0. The second kappa shape index (κ2) is 9.09. The maximum absolute atomic E-state index is 12.6. The van der Waals surface area contributed by atoms with Crippen LogP contribution in [0.3, 0.4) is 0 Å². The van der Waals surface area contributed by atoms with E-state index in [1.165, 1.54) is 9.47 Å². The van der Waals surface area contributed by atoms with Crippen molar-refractivity contribution in [2.24, 2.45) is 5.73 Å². The van der Waals surface area contributed by atoms with Crippen LogP contribution in [0.2, 0.25) is 25.7 Å². The van der Waals surface area contributed by atoms with Crippen molar-refractivity contribution in [3.63, 3.8) is 0 Å². The van der Waals surface area contributed by atoms with Crippen molar-refractivity contribution in [3.8, 4) is 0 Å². The molecule has 0 saturated carbocycles. The van der Waals surface area contributed by atoms with Crippen molar-refractivity contribution in [2.75, 3.05) is 13.2 Å². The maximum Gasteiger partial charge on any atom is 0.421 e. The predicted octanol–water partition coefficient (Wildman–Crippen LogP) is 3.07. The molecule has 0 fully saturated rings. The highest BCUT2D eigenvalue weighted by Gasteiger charge is 2.35. The molecular weight excluding hydrogens is 438 g/mol. The van der Waals surface area contributed by atoms with E-state index in [1.54, 1.807) is 30.3 Å². The third-order valence-electron chi connectivity index (χ3n) is 5.74. The van der Waals surface area contributed by atoms with Gasteiger partial charge in [0.2, 0.25) is 0 Å². The highest BCUT2D eigenvalue weighted by Crippen LogP contribution is 2.23. The van der Waals surface area contributed by atoms with E-state index < -0.39 is 19.9 Å². The van der Waals surface area contributed by atoms with Crippen molar-refractivity contribution in [1.29, 1.82) is 0 Å². The van der Waals surface area contributed by atoms with Gasteiger partial charge in [0.15, 0.2) is 5.58 Å². The van der Waals surface area contributed by atoms with Gasteiger partial charge in [-0.1, -0.05) is 37.8 Å². The Hall–Kier alpha value is -3.01. The zero-order valence-corrected chi connectivity index (χ0v) is 20.2. The minimum absolute atomic E-state index is 0.111. The first-order chi connectivity index (χ1) is 15.6. The number of hydrogen-bond donors (Lipinski definition) is 1. The quantitative estimate of drug-likeness (QED) is 0.294. The summed E-state index contributed by atoms with van der Waals surface area (Å²) in [6, 6.07) is 12.8. The van der Waals surface area contributed by atoms with Crippen LogP contribution in [0.4, 0.5) is 0 Å². The number of amides is 2. The summed E-state index contributed by atoms with van der Waals surface area (Å²) in [5.74, 6) is -1.11. The van der Waals surface area contributed by atoms with E-state index in [4.69, 9.17) is 14.9 Å². The Balaban J connectivity index is 1.41. The molecule has 2 amide bonds. The summed E-state index contributed by atoms with van der Waals surface area (Å²) in [4.78, 5) is 38.6. The number of imide groups is 1. The molecule has 9 heteroatoms. The van der Waals surface area contributed by atoms with Crippen molar-refractivity contribution >= 4 is 31.0 Å². The molecule has 2 aromatic carbocycles. The van der Waals surface area contributed by atoms with E-state index in [1.807, 2.05) is 12.1 Å². The van der Waals surface area contributed by atoms with E-state index in [9.17, 15) is 14.4 Å². The van der Waals surface area contributed by atoms with Crippen molar-refractivity contribution in [3.05, 3.63) is 69.7 Å². The number of ether oxygens (including phenoxy) is 1. The number of carbonyl (C=O) groups excluding carboxylic acids is 2. The summed E-state index contributed by atoms with van der Waals surface area (Å²) < 4.78 is 12.6. The van der Waals surface area contributed by atoms with Crippen molar-refractivity contribution in [1.82, 2.24) is 9.47 Å². The number of benzene rings is 2. The molecule has 2 heterocycles. The number of rotatable bonds is 9. The van der Waals surface area contributed by atoms with Gasteiger partial charge in [-0.15, -0.1) is 0 Å². The standard InChI is InChI=1S/C24H29N3O5Si/c1-33(2,3)11-10-31-15-27-20-9-8-16(13-21(20)32-24(27)30)12-17(25)14-26-22(28)18-6-4-5-7-19(18)23(26)29/h4-9,13,17H,10-12,14-15,25H2,1-3H3. The van der Waals surface area contributed by atoms with Gasteiger partial charge in [0.1, 0.15) is 6.73 Å². The van der Waals surface area contributed by atoms with Gasteiger partial charge >= 0.3 is 5.76 Å². The summed E-state index contributed by atoms with van der Waals surface area (Å²) in [6.07, 6.45) is 0.422. The molecule has 0 aliphatic carbocycles. The van der Waals surface area contributed by atoms with E-state index >= 15 is 0 Å². The van der Waals surface area contributed by atoms with Gasteiger partial charge < -0.3 is 14.9 Å². The Bertz CT molecular complexity index is 1220. The van der Waals surface area contributed by atoms with Crippen LogP contribution in [0.5, 0.6) is 0 Å². The van der Waals surface area contributed by atoms with E-state index in [0.717, 1.165) is 11.6 Å². The van der Waals surface area contributed by atoms with Gasteiger partial charge in [0, 0.05) is 27.3 Å². The molecule has 174 valence electrons. The molecule has 0 radical (unpaired) electrons. The summed E-state index contributed by atoms with van der Waals surface area (Å²) in [6.45, 7) is 7.69. The van der Waals surface area contributed by atoms with Gasteiger partial charge in [0.25, 0.3) is 11.8 Å². The average molecular weight is 468 g/mol. The van der Waals surface area contributed by atoms with E-state index in [-0.39, 0.29) is 25.1 Å². The minimum Gasteiger partial charge on any atom is -0.408 e. The fourth-order valence-corrected chi connectivity index (χ4v) is 4.66. The van der Waals surface area contributed by atoms with Gasteiger partial charge in [-0.2, -0.15) is 0 Å². The van der Waals surface area contributed by atoms with E-state index in [0.29, 0.717) is 35.3 Å². The van der Waals surface area contributed by atoms with Crippen LogP contribution in [0.25, 0.3) is 11.1 Å². The molecule has 0 saturated heterocycles. The zero-order chi connectivity index (χ0) is 23.8. The van der Waals surface area contributed by atoms with Crippen LogP contribution in [-0.4, -0.2) is 48.5 Å². The second-order valence-corrected chi connectivity index (χ2v) is 15.3. The predicted molar refractivity (Wildman–Crippen MR) is 128 cm³/mol. The molecule has 4 rings (SSSR count). The Morgan fingerprint density at radius 2 is 1.70 bits per heavy atom. The molecule has 33 heavy (non-hydrogen) atoms. The Morgan fingerprint density at radius 3 is 2.33 bits per heavy atom. The largest absolute Gasteiger partial charge is 0.421 e. The number of nitrogens with two attached hydrogens (primary N) is 1. The van der Waals surface area contributed by atoms with Crippen LogP contribution >= 0.6 is 0 Å². The molecule has 1 unspecified atom stereocenters. The number of carbonyl (C=O) groups is 2. The Morgan fingerprint density at radius 1 is 1.03 bits per heavy atom. The fourth-order valence-electron chi connectivity index (χ4n) is 3.90. The summed E-state index contributed by atoms with van der Waals surface area (Å²) in [7, 11) is -1.20. The lowest BCUT2D eigenvalue weighted by molar-refractivity contribution is 0.0644. The lowest BCUT2D eigenvalue weighted by Crippen LogP contribution is -2.41. The fraction of sp³-hybridized carbons (Fsp3) is 0.375. The van der Waals surface area contributed by atoms with Crippen LogP contribution in [-0.2, 0) is 17.9 Å². The lowest BCUT2D eigenvalue weighted by atomic mass is 10.1. The first-order valence-corrected chi connectivity index (χ1v) is 14.8. The smallest absolute Gasteiger partial charge is 0.408 e. The lowest BCUT2D eigenvalue weighted by Gasteiger charge is -2.19. The van der Waals surface area contributed by atoms with Gasteiger partial charge in [-0.25, -0.2) is 9.36 Å². The maximum atomic E-state index is 12.6. The first kappa shape index (κ1) is 23.2. The Labute approximate surface area is 192 Å². The molecule has 1 aliphatic heterocycles. The molecule has 2 N–H and O–H groups in total. The Kier molecular flexibility index (Phi) is 6.38. The molecule has 1 atom stereocenters. The van der Waals surface area contributed by atoms with Gasteiger partial charge in [-0.3, -0.25) is 14.5 Å². The summed E-state index contributed by atoms with van der Waals surface area (Å²) in [5.41, 5.74) is 9.07. The number of hydrogen-bond acceptors (Lipinski definition) is 6. The third-order valence-corrected chi connectivity index (χ3v) is 7.45. The molecule has 0 bridgehead atoms. The highest BCUT2D eigenvalue weighted by molar-refractivity contribution is 6.76. The number of aromatic nitrogens is 1. The average Bonchev–Trinajstić information content (AvgIpc) is 3.19. The molecule has 8 nitrogen and oxygen atoms in total. The highest BCUT2D eigenvalue weighted by atomic mass is 28.3. The topological polar surface area (TPSA) is 108 Å². The third kappa shape index (κ3) is 5.00. The first-order valence-electron chi connectivity index (χ1n) is 11.0. The molecule has 1 aromatic heterocycles. The number of oxazole rings is 1. The van der Waals surface area contributed by atoms with Crippen LogP contribution < -0.4 is 11.5 Å². The van der Waals surface area contributed by atoms with Crippen LogP contribution in [0, 0.1) is 0 Å². The normalized spacial score (nSPS) is 14.8. The number of nitrogens with zero attached hydrogens (tertiary/aromatic N) is 2. The van der Waals surface area contributed by atoms with E-state index in [2.05, 4.69) is 19.6 Å². The van der Waals surface area contributed by atoms with Gasteiger partial charge in [-0.05, 0) is 42.3 Å². The monoisotopic (exact) mass is 467 g/mol. The second-order valence-electron chi connectivity index (χ2n) is 9.68. The SMILES string of the molecule is C[Si](C)(C)CCOCn1c(=O)oc2cc(CC(N)CN3C(=O)c4ccccc4C3=O)ccc21. The van der Waals surface area contributed by atoms with Gasteiger partial charge in [0.05, 0.1) is 16.6 Å². The summed E-state index contributed by atoms with van der Waals surface area (Å²) >= 11 is 0. The molecule has 1 aliphatic rings. The molecule has 3 aromatic rings. The van der Waals surface area contributed by atoms with Crippen LogP contribution in [0.15, 0.2) is 51.7 Å². The van der Waals surface area contributed by atoms with Crippen molar-refractivity contribution in [2.45, 2.75) is 44.9 Å². The number of fused-ring (bicyclic) bond motifs is 2. The molecule has 0 spiro atoms. The minimum atomic E-state index is -1.20. The zero-order valence-electron chi connectivity index (χ0n) is 19.2. The van der Waals surface area contributed by atoms with Crippen LogP contribution in [0.1, 0.15) is 26.3 Å².